The van der Waals surface area contributed by atoms with Crippen LogP contribution in [0.15, 0.2) is 30.9 Å². The van der Waals surface area contributed by atoms with E-state index in [0.29, 0.717) is 12.1 Å². The fourth-order valence-electron chi connectivity index (χ4n) is 2.40. The van der Waals surface area contributed by atoms with Crippen molar-refractivity contribution in [3.8, 4) is 16.9 Å². The highest BCUT2D eigenvalue weighted by atomic mass is 16.5. The van der Waals surface area contributed by atoms with E-state index in [9.17, 15) is 0 Å². The van der Waals surface area contributed by atoms with E-state index in [0.717, 1.165) is 42.8 Å². The molecule has 104 valence electrons. The van der Waals surface area contributed by atoms with Crippen LogP contribution in [0.2, 0.25) is 0 Å². The van der Waals surface area contributed by atoms with Crippen LogP contribution in [0.1, 0.15) is 19.3 Å². The third-order valence-corrected chi connectivity index (χ3v) is 3.88. The number of hydrogen-bond donors (Lipinski definition) is 1. The predicted octanol–water partition coefficient (Wildman–Crippen LogP) is 1.85. The first-order chi connectivity index (χ1) is 9.88. The standard InChI is InChI=1S/C15H18N4O/c1-2-13(1)20-15-4-5-16-8-14(15)11-7-18-19(9-11)10-12-3-6-17-12/h4-5,7-9,12-13,17H,1-3,6,10H2. The largest absolute Gasteiger partial charge is 0.490 e. The molecule has 4 rings (SSSR count). The molecule has 1 saturated carbocycles. The zero-order chi connectivity index (χ0) is 13.4. The fraction of sp³-hybridized carbons (Fsp3) is 0.467. The van der Waals surface area contributed by atoms with Crippen LogP contribution in [0.25, 0.3) is 11.1 Å². The molecule has 1 atom stereocenters. The second-order valence-corrected chi connectivity index (χ2v) is 5.58. The van der Waals surface area contributed by atoms with Gasteiger partial charge in [0.25, 0.3) is 0 Å². The van der Waals surface area contributed by atoms with Crippen LogP contribution in [0.4, 0.5) is 0 Å². The van der Waals surface area contributed by atoms with E-state index >= 15 is 0 Å². The van der Waals surface area contributed by atoms with Gasteiger partial charge in [-0.3, -0.25) is 9.67 Å². The van der Waals surface area contributed by atoms with E-state index in [2.05, 4.69) is 21.6 Å². The highest BCUT2D eigenvalue weighted by molar-refractivity contribution is 5.68. The Balaban J connectivity index is 1.56. The van der Waals surface area contributed by atoms with Gasteiger partial charge < -0.3 is 10.1 Å². The Morgan fingerprint density at radius 1 is 1.30 bits per heavy atom. The van der Waals surface area contributed by atoms with Crippen molar-refractivity contribution >= 4 is 0 Å². The van der Waals surface area contributed by atoms with Gasteiger partial charge in [-0.15, -0.1) is 0 Å². The van der Waals surface area contributed by atoms with Gasteiger partial charge in [0.1, 0.15) is 5.75 Å². The first-order valence-electron chi connectivity index (χ1n) is 7.25. The summed E-state index contributed by atoms with van der Waals surface area (Å²) < 4.78 is 7.94. The summed E-state index contributed by atoms with van der Waals surface area (Å²) in [5.41, 5.74) is 2.11. The number of pyridine rings is 1. The molecule has 0 radical (unpaired) electrons. The third kappa shape index (κ3) is 2.41. The van der Waals surface area contributed by atoms with Crippen LogP contribution in [0, 0.1) is 0 Å². The lowest BCUT2D eigenvalue weighted by Gasteiger charge is -2.27. The van der Waals surface area contributed by atoms with Crippen LogP contribution in [0.3, 0.4) is 0 Å². The van der Waals surface area contributed by atoms with Gasteiger partial charge in [-0.25, -0.2) is 0 Å². The van der Waals surface area contributed by atoms with E-state index in [1.807, 2.05) is 23.1 Å². The van der Waals surface area contributed by atoms with Crippen molar-refractivity contribution in [2.45, 2.75) is 38.0 Å². The summed E-state index contributed by atoms with van der Waals surface area (Å²) in [6.07, 6.45) is 11.6. The molecular weight excluding hydrogens is 252 g/mol. The van der Waals surface area contributed by atoms with Gasteiger partial charge in [-0.1, -0.05) is 0 Å². The van der Waals surface area contributed by atoms with Crippen LogP contribution >= 0.6 is 0 Å². The molecule has 20 heavy (non-hydrogen) atoms. The highest BCUT2D eigenvalue weighted by Crippen LogP contribution is 2.33. The maximum atomic E-state index is 5.94. The van der Waals surface area contributed by atoms with Crippen LogP contribution in [-0.2, 0) is 6.54 Å². The molecule has 0 spiro atoms. The average Bonchev–Trinajstić information content (AvgIpc) is 3.11. The van der Waals surface area contributed by atoms with E-state index in [1.165, 1.54) is 6.42 Å². The van der Waals surface area contributed by atoms with Crippen molar-refractivity contribution in [1.29, 1.82) is 0 Å². The lowest BCUT2D eigenvalue weighted by Crippen LogP contribution is -2.45. The van der Waals surface area contributed by atoms with E-state index in [1.54, 1.807) is 6.20 Å². The molecule has 2 aromatic heterocycles. The molecule has 0 aromatic carbocycles. The Morgan fingerprint density at radius 3 is 2.95 bits per heavy atom. The van der Waals surface area contributed by atoms with Crippen LogP contribution < -0.4 is 10.1 Å². The monoisotopic (exact) mass is 270 g/mol. The van der Waals surface area contributed by atoms with E-state index in [4.69, 9.17) is 4.74 Å². The van der Waals surface area contributed by atoms with Crippen molar-refractivity contribution in [2.75, 3.05) is 6.54 Å². The van der Waals surface area contributed by atoms with Gasteiger partial charge in [0.05, 0.1) is 18.8 Å². The second-order valence-electron chi connectivity index (χ2n) is 5.58. The molecule has 1 aliphatic heterocycles. The lowest BCUT2D eigenvalue weighted by molar-refractivity contribution is 0.304. The van der Waals surface area contributed by atoms with Gasteiger partial charge in [-0.2, -0.15) is 5.10 Å². The number of nitrogens with zero attached hydrogens (tertiary/aromatic N) is 3. The number of aromatic nitrogens is 3. The summed E-state index contributed by atoms with van der Waals surface area (Å²) in [4.78, 5) is 4.22. The van der Waals surface area contributed by atoms with Crippen molar-refractivity contribution in [3.63, 3.8) is 0 Å². The zero-order valence-corrected chi connectivity index (χ0v) is 11.3. The topological polar surface area (TPSA) is 52.0 Å². The molecule has 5 heteroatoms. The first-order valence-corrected chi connectivity index (χ1v) is 7.25. The molecule has 0 bridgehead atoms. The van der Waals surface area contributed by atoms with Gasteiger partial charge in [0.2, 0.25) is 0 Å². The molecule has 1 saturated heterocycles. The Bertz CT molecular complexity index is 601. The Kier molecular flexibility index (Phi) is 2.92. The molecular formula is C15H18N4O. The Labute approximate surface area is 118 Å². The molecule has 2 aromatic rings. The number of rotatable bonds is 5. The summed E-state index contributed by atoms with van der Waals surface area (Å²) >= 11 is 0. The minimum atomic E-state index is 0.394. The molecule has 0 amide bonds. The van der Waals surface area contributed by atoms with Gasteiger partial charge in [0, 0.05) is 35.8 Å². The fourth-order valence-corrected chi connectivity index (χ4v) is 2.40. The SMILES string of the molecule is c1cc(OC2CC2)c(-c2cnn(CC3CCN3)c2)cn1. The maximum Gasteiger partial charge on any atom is 0.130 e. The molecule has 1 unspecified atom stereocenters. The second kappa shape index (κ2) is 4.90. The third-order valence-electron chi connectivity index (χ3n) is 3.88. The van der Waals surface area contributed by atoms with Gasteiger partial charge >= 0.3 is 0 Å². The number of hydrogen-bond acceptors (Lipinski definition) is 4. The molecule has 1 N–H and O–H groups in total. The molecule has 2 aliphatic rings. The van der Waals surface area contributed by atoms with Crippen LogP contribution in [-0.4, -0.2) is 33.5 Å². The average molecular weight is 270 g/mol. The normalized spacial score (nSPS) is 21.5. The number of nitrogens with one attached hydrogen (secondary N) is 1. The zero-order valence-electron chi connectivity index (χ0n) is 11.3. The molecule has 2 fully saturated rings. The summed E-state index contributed by atoms with van der Waals surface area (Å²) in [5, 5.41) is 7.83. The lowest BCUT2D eigenvalue weighted by atomic mass is 10.1. The number of ether oxygens (including phenoxy) is 1. The Hall–Kier alpha value is -1.88. The van der Waals surface area contributed by atoms with Crippen molar-refractivity contribution in [3.05, 3.63) is 30.9 Å². The summed E-state index contributed by atoms with van der Waals surface area (Å²) in [5.74, 6) is 0.920. The summed E-state index contributed by atoms with van der Waals surface area (Å²) in [7, 11) is 0. The molecule has 3 heterocycles. The summed E-state index contributed by atoms with van der Waals surface area (Å²) in [6.45, 7) is 2.06. The smallest absolute Gasteiger partial charge is 0.130 e. The van der Waals surface area contributed by atoms with Crippen molar-refractivity contribution < 1.29 is 4.74 Å². The summed E-state index contributed by atoms with van der Waals surface area (Å²) in [6, 6.07) is 2.51. The minimum absolute atomic E-state index is 0.394. The van der Waals surface area contributed by atoms with Crippen molar-refractivity contribution in [2.24, 2.45) is 0 Å². The van der Waals surface area contributed by atoms with Crippen molar-refractivity contribution in [1.82, 2.24) is 20.1 Å². The predicted molar refractivity (Wildman–Crippen MR) is 75.5 cm³/mol. The van der Waals surface area contributed by atoms with Gasteiger partial charge in [-0.05, 0) is 31.9 Å². The van der Waals surface area contributed by atoms with Gasteiger partial charge in [0.15, 0.2) is 0 Å². The first kappa shape index (κ1) is 11.9. The highest BCUT2D eigenvalue weighted by Gasteiger charge is 2.25. The quantitative estimate of drug-likeness (QED) is 0.901. The van der Waals surface area contributed by atoms with Crippen LogP contribution in [0.5, 0.6) is 5.75 Å². The molecule has 1 aliphatic carbocycles. The Morgan fingerprint density at radius 2 is 2.20 bits per heavy atom. The maximum absolute atomic E-state index is 5.94. The van der Waals surface area contributed by atoms with E-state index < -0.39 is 0 Å². The van der Waals surface area contributed by atoms with E-state index in [-0.39, 0.29) is 0 Å². The molecule has 5 nitrogen and oxygen atoms in total. The minimum Gasteiger partial charge on any atom is -0.490 e.